The highest BCUT2D eigenvalue weighted by molar-refractivity contribution is 5.57. The second kappa shape index (κ2) is 7.04. The fourth-order valence-corrected chi connectivity index (χ4v) is 2.70. The van der Waals surface area contributed by atoms with Crippen molar-refractivity contribution in [1.29, 1.82) is 5.26 Å². The predicted octanol–water partition coefficient (Wildman–Crippen LogP) is 3.97. The van der Waals surface area contributed by atoms with Crippen LogP contribution in [0.25, 0.3) is 0 Å². The van der Waals surface area contributed by atoms with Crippen molar-refractivity contribution in [3.8, 4) is 11.8 Å². The number of para-hydroxylation sites is 2. The van der Waals surface area contributed by atoms with Crippen LogP contribution >= 0.6 is 0 Å². The van der Waals surface area contributed by atoms with Gasteiger partial charge in [0.2, 0.25) is 0 Å². The Hall–Kier alpha value is -1.69. The van der Waals surface area contributed by atoms with E-state index in [1.165, 1.54) is 19.3 Å². The molecule has 1 aliphatic rings. The summed E-state index contributed by atoms with van der Waals surface area (Å²) in [4.78, 5) is 0. The maximum Gasteiger partial charge on any atom is 0.142 e. The standard InChI is InChI=1S/C16H22N2O/c1-2-19-16-11-7-6-10-15(16)18-14-9-5-3-4-8-13(14)12-17/h6-7,10-11,13-14,18H,2-5,8-9H2,1H3. The van der Waals surface area contributed by atoms with Crippen LogP contribution in [0.1, 0.15) is 39.0 Å². The monoisotopic (exact) mass is 258 g/mol. The van der Waals surface area contributed by atoms with E-state index in [4.69, 9.17) is 4.74 Å². The van der Waals surface area contributed by atoms with E-state index in [0.717, 1.165) is 24.3 Å². The molecule has 0 bridgehead atoms. The van der Waals surface area contributed by atoms with Gasteiger partial charge >= 0.3 is 0 Å². The van der Waals surface area contributed by atoms with Gasteiger partial charge in [-0.3, -0.25) is 0 Å². The summed E-state index contributed by atoms with van der Waals surface area (Å²) < 4.78 is 5.63. The molecule has 3 heteroatoms. The molecular weight excluding hydrogens is 236 g/mol. The first kappa shape index (κ1) is 13.7. The van der Waals surface area contributed by atoms with Crippen LogP contribution in [0.5, 0.6) is 5.75 Å². The third kappa shape index (κ3) is 3.64. The Morgan fingerprint density at radius 2 is 2.05 bits per heavy atom. The summed E-state index contributed by atoms with van der Waals surface area (Å²) in [7, 11) is 0. The van der Waals surface area contributed by atoms with Crippen molar-refractivity contribution < 1.29 is 4.74 Å². The van der Waals surface area contributed by atoms with E-state index in [9.17, 15) is 5.26 Å². The van der Waals surface area contributed by atoms with Gasteiger partial charge in [0.15, 0.2) is 0 Å². The van der Waals surface area contributed by atoms with Crippen LogP contribution in [0.3, 0.4) is 0 Å². The van der Waals surface area contributed by atoms with E-state index in [2.05, 4.69) is 11.4 Å². The fourth-order valence-electron chi connectivity index (χ4n) is 2.70. The van der Waals surface area contributed by atoms with Crippen molar-refractivity contribution in [2.45, 2.75) is 45.1 Å². The van der Waals surface area contributed by atoms with E-state index in [1.54, 1.807) is 0 Å². The van der Waals surface area contributed by atoms with Crippen molar-refractivity contribution >= 4 is 5.69 Å². The zero-order valence-electron chi connectivity index (χ0n) is 11.6. The van der Waals surface area contributed by atoms with Crippen LogP contribution in [0.2, 0.25) is 0 Å². The van der Waals surface area contributed by atoms with Gasteiger partial charge in [0.05, 0.1) is 24.3 Å². The minimum Gasteiger partial charge on any atom is -0.492 e. The number of nitrogens with zero attached hydrogens (tertiary/aromatic N) is 1. The number of nitriles is 1. The molecule has 1 saturated carbocycles. The van der Waals surface area contributed by atoms with E-state index in [1.807, 2.05) is 31.2 Å². The minimum atomic E-state index is 0.109. The summed E-state index contributed by atoms with van der Waals surface area (Å²) in [5.41, 5.74) is 1.01. The molecule has 0 amide bonds. The zero-order valence-corrected chi connectivity index (χ0v) is 11.6. The maximum atomic E-state index is 9.32. The molecule has 2 atom stereocenters. The quantitative estimate of drug-likeness (QED) is 0.831. The van der Waals surface area contributed by atoms with Gasteiger partial charge in [-0.05, 0) is 31.9 Å². The highest BCUT2D eigenvalue weighted by Crippen LogP contribution is 2.30. The van der Waals surface area contributed by atoms with Crippen molar-refractivity contribution in [1.82, 2.24) is 0 Å². The van der Waals surface area contributed by atoms with E-state index in [-0.39, 0.29) is 12.0 Å². The van der Waals surface area contributed by atoms with E-state index < -0.39 is 0 Å². The molecule has 0 saturated heterocycles. The average Bonchev–Trinajstić information content (AvgIpc) is 2.66. The third-order valence-corrected chi connectivity index (χ3v) is 3.71. The van der Waals surface area contributed by atoms with Crippen LogP contribution < -0.4 is 10.1 Å². The first-order chi connectivity index (χ1) is 9.35. The summed E-state index contributed by atoms with van der Waals surface area (Å²) in [5.74, 6) is 0.989. The van der Waals surface area contributed by atoms with Crippen LogP contribution in [0.15, 0.2) is 24.3 Å². The number of hydrogen-bond donors (Lipinski definition) is 1. The Balaban J connectivity index is 2.12. The van der Waals surface area contributed by atoms with Gasteiger partial charge < -0.3 is 10.1 Å². The molecule has 19 heavy (non-hydrogen) atoms. The van der Waals surface area contributed by atoms with Crippen LogP contribution in [-0.2, 0) is 0 Å². The van der Waals surface area contributed by atoms with Gasteiger partial charge in [-0.1, -0.05) is 31.4 Å². The molecule has 0 aliphatic heterocycles. The van der Waals surface area contributed by atoms with Crippen molar-refractivity contribution in [3.05, 3.63) is 24.3 Å². The number of anilines is 1. The lowest BCUT2D eigenvalue weighted by molar-refractivity contribution is 0.341. The lowest BCUT2D eigenvalue weighted by atomic mass is 9.96. The van der Waals surface area contributed by atoms with Crippen LogP contribution in [-0.4, -0.2) is 12.6 Å². The highest BCUT2D eigenvalue weighted by Gasteiger charge is 2.24. The fraction of sp³-hybridized carbons (Fsp3) is 0.562. The summed E-state index contributed by atoms with van der Waals surface area (Å²) in [6.07, 6.45) is 5.68. The highest BCUT2D eigenvalue weighted by atomic mass is 16.5. The molecule has 0 radical (unpaired) electrons. The van der Waals surface area contributed by atoms with E-state index >= 15 is 0 Å². The Morgan fingerprint density at radius 3 is 2.84 bits per heavy atom. The Labute approximate surface area is 115 Å². The molecule has 2 unspecified atom stereocenters. The topological polar surface area (TPSA) is 45.0 Å². The molecule has 1 aliphatic carbocycles. The third-order valence-electron chi connectivity index (χ3n) is 3.71. The molecule has 1 N–H and O–H groups in total. The van der Waals surface area contributed by atoms with Gasteiger partial charge in [-0.2, -0.15) is 5.26 Å². The second-order valence-electron chi connectivity index (χ2n) is 5.05. The summed E-state index contributed by atoms with van der Waals surface area (Å²) in [5, 5.41) is 12.8. The van der Waals surface area contributed by atoms with Gasteiger partial charge in [-0.15, -0.1) is 0 Å². The van der Waals surface area contributed by atoms with Crippen molar-refractivity contribution in [2.24, 2.45) is 5.92 Å². The van der Waals surface area contributed by atoms with E-state index in [0.29, 0.717) is 6.61 Å². The smallest absolute Gasteiger partial charge is 0.142 e. The molecule has 1 fully saturated rings. The molecule has 102 valence electrons. The predicted molar refractivity (Wildman–Crippen MR) is 77.2 cm³/mol. The molecule has 2 rings (SSSR count). The van der Waals surface area contributed by atoms with Gasteiger partial charge in [-0.25, -0.2) is 0 Å². The molecular formula is C16H22N2O. The number of rotatable bonds is 4. The van der Waals surface area contributed by atoms with Crippen molar-refractivity contribution in [2.75, 3.05) is 11.9 Å². The molecule has 1 aromatic rings. The molecule has 0 spiro atoms. The van der Waals surface area contributed by atoms with Crippen molar-refractivity contribution in [3.63, 3.8) is 0 Å². The average molecular weight is 258 g/mol. The Bertz CT molecular complexity index is 439. The summed E-state index contributed by atoms with van der Waals surface area (Å²) in [6.45, 7) is 2.64. The first-order valence-corrected chi connectivity index (χ1v) is 7.23. The molecule has 0 heterocycles. The lowest BCUT2D eigenvalue weighted by Crippen LogP contribution is -2.27. The number of benzene rings is 1. The Kier molecular flexibility index (Phi) is 5.09. The van der Waals surface area contributed by atoms with Gasteiger partial charge in [0.25, 0.3) is 0 Å². The normalized spacial score (nSPS) is 23.2. The molecule has 0 aromatic heterocycles. The second-order valence-corrected chi connectivity index (χ2v) is 5.05. The van der Waals surface area contributed by atoms with Crippen LogP contribution in [0.4, 0.5) is 5.69 Å². The molecule has 3 nitrogen and oxygen atoms in total. The van der Waals surface area contributed by atoms with Gasteiger partial charge in [0.1, 0.15) is 5.75 Å². The number of ether oxygens (including phenoxy) is 1. The zero-order chi connectivity index (χ0) is 13.5. The lowest BCUT2D eigenvalue weighted by Gasteiger charge is -2.23. The first-order valence-electron chi connectivity index (χ1n) is 7.23. The van der Waals surface area contributed by atoms with Crippen LogP contribution in [0, 0.1) is 17.2 Å². The number of hydrogen-bond acceptors (Lipinski definition) is 3. The molecule has 1 aromatic carbocycles. The maximum absolute atomic E-state index is 9.32. The Morgan fingerprint density at radius 1 is 1.26 bits per heavy atom. The summed E-state index contributed by atoms with van der Waals surface area (Å²) in [6, 6.07) is 10.7. The SMILES string of the molecule is CCOc1ccccc1NC1CCCCCC1C#N. The number of nitrogens with one attached hydrogen (secondary N) is 1. The van der Waals surface area contributed by atoms with Gasteiger partial charge in [0, 0.05) is 6.04 Å². The minimum absolute atomic E-state index is 0.109. The summed E-state index contributed by atoms with van der Waals surface area (Å²) >= 11 is 0. The largest absolute Gasteiger partial charge is 0.492 e.